The number of hydrogen-bond donors (Lipinski definition) is 1. The van der Waals surface area contributed by atoms with Gasteiger partial charge >= 0.3 is 0 Å². The highest BCUT2D eigenvalue weighted by molar-refractivity contribution is 7.16. The predicted octanol–water partition coefficient (Wildman–Crippen LogP) is 2.58. The van der Waals surface area contributed by atoms with E-state index in [0.717, 1.165) is 34.9 Å². The Hall–Kier alpha value is -1.36. The van der Waals surface area contributed by atoms with Crippen LogP contribution in [0.5, 0.6) is 0 Å². The Labute approximate surface area is 99.3 Å². The summed E-state index contributed by atoms with van der Waals surface area (Å²) in [5.41, 5.74) is 0. The van der Waals surface area contributed by atoms with Crippen molar-refractivity contribution in [2.24, 2.45) is 0 Å². The van der Waals surface area contributed by atoms with Crippen LogP contribution in [-0.4, -0.2) is 30.6 Å². The molecule has 2 rings (SSSR count). The van der Waals surface area contributed by atoms with Crippen LogP contribution in [0.1, 0.15) is 13.3 Å². The summed E-state index contributed by atoms with van der Waals surface area (Å²) < 4.78 is 0. The maximum absolute atomic E-state index is 4.52. The molecular weight excluding hydrogens is 220 g/mol. The fraction of sp³-hybridized carbons (Fsp3) is 0.455. The Morgan fingerprint density at radius 2 is 2.19 bits per heavy atom. The lowest BCUT2D eigenvalue weighted by molar-refractivity contribution is 0.952. The Morgan fingerprint density at radius 1 is 1.38 bits per heavy atom. The van der Waals surface area contributed by atoms with Crippen LogP contribution in [0.3, 0.4) is 0 Å². The zero-order chi connectivity index (χ0) is 11.5. The molecule has 0 unspecified atom stereocenters. The number of nitrogens with zero attached hydrogens (tertiary/aromatic N) is 3. The first-order valence-corrected chi connectivity index (χ1v) is 6.26. The normalized spacial score (nSPS) is 10.7. The van der Waals surface area contributed by atoms with E-state index < -0.39 is 0 Å². The zero-order valence-corrected chi connectivity index (χ0v) is 10.6. The quantitative estimate of drug-likeness (QED) is 0.886. The van der Waals surface area contributed by atoms with Crippen LogP contribution in [0.2, 0.25) is 0 Å². The van der Waals surface area contributed by atoms with Crippen molar-refractivity contribution in [3.05, 3.63) is 11.4 Å². The standard InChI is InChI=1S/C11H16N4S/c1-4-6-12-11-13-9(15(2)3)8-5-7-16-10(8)14-11/h5,7H,4,6H2,1-3H3,(H,12,13,14). The summed E-state index contributed by atoms with van der Waals surface area (Å²) in [4.78, 5) is 12.1. The predicted molar refractivity (Wildman–Crippen MR) is 70.5 cm³/mol. The molecule has 2 aromatic heterocycles. The largest absolute Gasteiger partial charge is 0.362 e. The smallest absolute Gasteiger partial charge is 0.226 e. The highest BCUT2D eigenvalue weighted by Crippen LogP contribution is 2.27. The minimum Gasteiger partial charge on any atom is -0.362 e. The summed E-state index contributed by atoms with van der Waals surface area (Å²) in [6.45, 7) is 3.03. The van der Waals surface area contributed by atoms with E-state index >= 15 is 0 Å². The molecule has 1 N–H and O–H groups in total. The van der Waals surface area contributed by atoms with Crippen molar-refractivity contribution in [3.63, 3.8) is 0 Å². The molecule has 0 atom stereocenters. The van der Waals surface area contributed by atoms with Crippen LogP contribution < -0.4 is 10.2 Å². The molecule has 0 bridgehead atoms. The molecule has 0 aromatic carbocycles. The van der Waals surface area contributed by atoms with E-state index in [9.17, 15) is 0 Å². The van der Waals surface area contributed by atoms with Crippen LogP contribution >= 0.6 is 11.3 Å². The molecule has 0 fully saturated rings. The minimum atomic E-state index is 0.723. The van der Waals surface area contributed by atoms with E-state index in [4.69, 9.17) is 0 Å². The SMILES string of the molecule is CCCNc1nc(N(C)C)c2ccsc2n1. The van der Waals surface area contributed by atoms with E-state index in [0.29, 0.717) is 0 Å². The number of hydrogen-bond acceptors (Lipinski definition) is 5. The van der Waals surface area contributed by atoms with Gasteiger partial charge in [-0.15, -0.1) is 11.3 Å². The Kier molecular flexibility index (Phi) is 3.24. The maximum Gasteiger partial charge on any atom is 0.226 e. The molecule has 86 valence electrons. The molecule has 2 heterocycles. The third kappa shape index (κ3) is 2.09. The third-order valence-electron chi connectivity index (χ3n) is 2.26. The fourth-order valence-electron chi connectivity index (χ4n) is 1.50. The average Bonchev–Trinajstić information content (AvgIpc) is 2.72. The number of aromatic nitrogens is 2. The topological polar surface area (TPSA) is 41.1 Å². The van der Waals surface area contributed by atoms with Crippen molar-refractivity contribution >= 4 is 33.3 Å². The molecule has 0 saturated carbocycles. The van der Waals surface area contributed by atoms with Crippen molar-refractivity contribution in [3.8, 4) is 0 Å². The van der Waals surface area contributed by atoms with Crippen LogP contribution in [0.25, 0.3) is 10.2 Å². The molecule has 0 aliphatic heterocycles. The molecule has 0 spiro atoms. The van der Waals surface area contributed by atoms with Gasteiger partial charge < -0.3 is 10.2 Å². The highest BCUT2D eigenvalue weighted by atomic mass is 32.1. The number of nitrogens with one attached hydrogen (secondary N) is 1. The number of thiophene rings is 1. The lowest BCUT2D eigenvalue weighted by atomic mass is 10.3. The molecule has 0 aliphatic carbocycles. The lowest BCUT2D eigenvalue weighted by Gasteiger charge is -2.13. The monoisotopic (exact) mass is 236 g/mol. The molecule has 16 heavy (non-hydrogen) atoms. The summed E-state index contributed by atoms with van der Waals surface area (Å²) in [7, 11) is 4.01. The van der Waals surface area contributed by atoms with E-state index in [-0.39, 0.29) is 0 Å². The molecule has 2 aromatic rings. The Morgan fingerprint density at radius 3 is 2.88 bits per heavy atom. The van der Waals surface area contributed by atoms with Crippen molar-refractivity contribution in [2.75, 3.05) is 30.9 Å². The van der Waals surface area contributed by atoms with E-state index in [2.05, 4.69) is 33.7 Å². The minimum absolute atomic E-state index is 0.723. The van der Waals surface area contributed by atoms with Gasteiger partial charge in [0.15, 0.2) is 0 Å². The van der Waals surface area contributed by atoms with E-state index in [1.807, 2.05) is 19.0 Å². The van der Waals surface area contributed by atoms with Gasteiger partial charge in [0.05, 0.1) is 5.39 Å². The second kappa shape index (κ2) is 4.65. The van der Waals surface area contributed by atoms with Gasteiger partial charge in [-0.1, -0.05) is 6.92 Å². The summed E-state index contributed by atoms with van der Waals surface area (Å²) in [5.74, 6) is 1.70. The molecule has 0 aliphatic rings. The summed E-state index contributed by atoms with van der Waals surface area (Å²) in [6.07, 6.45) is 1.07. The van der Waals surface area contributed by atoms with Gasteiger partial charge in [0.1, 0.15) is 10.6 Å². The molecule has 5 heteroatoms. The summed E-state index contributed by atoms with van der Waals surface area (Å²) in [6, 6.07) is 2.07. The van der Waals surface area contributed by atoms with Crippen molar-refractivity contribution in [1.82, 2.24) is 9.97 Å². The van der Waals surface area contributed by atoms with Crippen molar-refractivity contribution in [1.29, 1.82) is 0 Å². The van der Waals surface area contributed by atoms with Crippen LogP contribution in [0, 0.1) is 0 Å². The highest BCUT2D eigenvalue weighted by Gasteiger charge is 2.09. The van der Waals surface area contributed by atoms with Gasteiger partial charge in [-0.05, 0) is 17.9 Å². The van der Waals surface area contributed by atoms with Gasteiger partial charge in [0.2, 0.25) is 5.95 Å². The average molecular weight is 236 g/mol. The van der Waals surface area contributed by atoms with Gasteiger partial charge in [-0.3, -0.25) is 0 Å². The molecule has 0 radical (unpaired) electrons. The first kappa shape index (κ1) is 11.1. The second-order valence-corrected chi connectivity index (χ2v) is 4.73. The van der Waals surface area contributed by atoms with Crippen LogP contribution in [-0.2, 0) is 0 Å². The lowest BCUT2D eigenvalue weighted by Crippen LogP contribution is -2.13. The van der Waals surface area contributed by atoms with E-state index in [1.54, 1.807) is 11.3 Å². The summed E-state index contributed by atoms with van der Waals surface area (Å²) >= 11 is 1.65. The number of anilines is 2. The maximum atomic E-state index is 4.52. The summed E-state index contributed by atoms with van der Waals surface area (Å²) in [5, 5.41) is 6.40. The Bertz CT molecular complexity index is 478. The zero-order valence-electron chi connectivity index (χ0n) is 9.82. The third-order valence-corrected chi connectivity index (χ3v) is 3.07. The fourth-order valence-corrected chi connectivity index (χ4v) is 2.26. The molecular formula is C11H16N4S. The van der Waals surface area contributed by atoms with E-state index in [1.165, 1.54) is 0 Å². The van der Waals surface area contributed by atoms with Crippen molar-refractivity contribution < 1.29 is 0 Å². The van der Waals surface area contributed by atoms with Crippen molar-refractivity contribution in [2.45, 2.75) is 13.3 Å². The number of rotatable bonds is 4. The van der Waals surface area contributed by atoms with Gasteiger partial charge in [-0.2, -0.15) is 4.98 Å². The number of fused-ring (bicyclic) bond motifs is 1. The first-order valence-electron chi connectivity index (χ1n) is 5.38. The van der Waals surface area contributed by atoms with Gasteiger partial charge in [-0.25, -0.2) is 4.98 Å². The molecule has 4 nitrogen and oxygen atoms in total. The first-order chi connectivity index (χ1) is 7.72. The van der Waals surface area contributed by atoms with Crippen LogP contribution in [0.4, 0.5) is 11.8 Å². The van der Waals surface area contributed by atoms with Gasteiger partial charge in [0, 0.05) is 20.6 Å². The van der Waals surface area contributed by atoms with Crippen LogP contribution in [0.15, 0.2) is 11.4 Å². The Balaban J connectivity index is 2.44. The van der Waals surface area contributed by atoms with Gasteiger partial charge in [0.25, 0.3) is 0 Å². The second-order valence-electron chi connectivity index (χ2n) is 3.83. The molecule has 0 amide bonds. The molecule has 0 saturated heterocycles.